The maximum Gasteiger partial charge on any atom is 0.266 e. The largest absolute Gasteiger partial charge is 0.496 e. The molecule has 0 unspecified atom stereocenters. The summed E-state index contributed by atoms with van der Waals surface area (Å²) in [6.45, 7) is 4.08. The second kappa shape index (κ2) is 7.19. The molecule has 0 saturated heterocycles. The summed E-state index contributed by atoms with van der Waals surface area (Å²) in [6, 6.07) is 10.9. The zero-order chi connectivity index (χ0) is 18.7. The fourth-order valence-electron chi connectivity index (χ4n) is 2.55. The molecule has 6 nitrogen and oxygen atoms in total. The molecule has 1 aliphatic rings. The average molecular weight is 350 g/mol. The third-order valence-corrected chi connectivity index (χ3v) is 4.15. The van der Waals surface area contributed by atoms with Gasteiger partial charge in [0.2, 0.25) is 6.79 Å². The molecule has 0 spiro atoms. The number of aryl methyl sites for hydroxylation is 2. The Labute approximate surface area is 151 Å². The lowest BCUT2D eigenvalue weighted by Gasteiger charge is -2.09. The number of nitrogens with one attached hydrogen (secondary N) is 1. The number of benzene rings is 2. The van der Waals surface area contributed by atoms with Gasteiger partial charge in [-0.3, -0.25) is 4.79 Å². The summed E-state index contributed by atoms with van der Waals surface area (Å²) in [5.41, 5.74) is 3.34. The minimum absolute atomic E-state index is 0.0413. The maximum atomic E-state index is 12.5. The topological polar surface area (TPSA) is 80.6 Å². The van der Waals surface area contributed by atoms with Crippen LogP contribution in [0.1, 0.15) is 16.7 Å². The van der Waals surface area contributed by atoms with Gasteiger partial charge in [0.1, 0.15) is 17.4 Å². The van der Waals surface area contributed by atoms with Crippen LogP contribution >= 0.6 is 0 Å². The first-order valence-electron chi connectivity index (χ1n) is 8.00. The van der Waals surface area contributed by atoms with E-state index in [1.54, 1.807) is 18.2 Å². The first-order valence-corrected chi connectivity index (χ1v) is 8.00. The fourth-order valence-corrected chi connectivity index (χ4v) is 2.55. The number of hydrogen-bond donors (Lipinski definition) is 1. The van der Waals surface area contributed by atoms with Crippen LogP contribution in [-0.2, 0) is 4.79 Å². The van der Waals surface area contributed by atoms with Crippen molar-refractivity contribution in [3.63, 3.8) is 0 Å². The van der Waals surface area contributed by atoms with E-state index in [0.717, 1.165) is 11.1 Å². The van der Waals surface area contributed by atoms with Crippen LogP contribution in [-0.4, -0.2) is 19.8 Å². The molecular weight excluding hydrogens is 332 g/mol. The molecule has 2 aromatic carbocycles. The van der Waals surface area contributed by atoms with Gasteiger partial charge in [-0.05, 0) is 49.2 Å². The highest BCUT2D eigenvalue weighted by Crippen LogP contribution is 2.38. The monoisotopic (exact) mass is 350 g/mol. The van der Waals surface area contributed by atoms with Gasteiger partial charge in [-0.2, -0.15) is 5.26 Å². The highest BCUT2D eigenvalue weighted by atomic mass is 16.7. The molecule has 1 N–H and O–H groups in total. The molecule has 0 aromatic heterocycles. The molecule has 6 heteroatoms. The van der Waals surface area contributed by atoms with Crippen molar-refractivity contribution in [2.24, 2.45) is 0 Å². The van der Waals surface area contributed by atoms with E-state index < -0.39 is 5.91 Å². The Hall–Kier alpha value is -3.46. The predicted molar refractivity (Wildman–Crippen MR) is 97.3 cm³/mol. The van der Waals surface area contributed by atoms with Gasteiger partial charge in [0.05, 0.1) is 7.11 Å². The zero-order valence-electron chi connectivity index (χ0n) is 14.8. The molecule has 3 rings (SSSR count). The number of hydrogen-bond acceptors (Lipinski definition) is 5. The first kappa shape index (κ1) is 17.4. The number of carbonyl (C=O) groups excluding carboxylic acids is 1. The van der Waals surface area contributed by atoms with Crippen LogP contribution in [0, 0.1) is 25.2 Å². The third kappa shape index (κ3) is 3.47. The van der Waals surface area contributed by atoms with Gasteiger partial charge in [-0.15, -0.1) is 0 Å². The zero-order valence-corrected chi connectivity index (χ0v) is 14.8. The number of nitrogens with zero attached hydrogens (tertiary/aromatic N) is 1. The lowest BCUT2D eigenvalue weighted by Crippen LogP contribution is -2.13. The van der Waals surface area contributed by atoms with E-state index in [4.69, 9.17) is 14.2 Å². The Kier molecular flexibility index (Phi) is 4.81. The number of ether oxygens (including phenoxy) is 3. The van der Waals surface area contributed by atoms with Crippen LogP contribution in [0.4, 0.5) is 5.69 Å². The smallest absolute Gasteiger partial charge is 0.266 e. The van der Waals surface area contributed by atoms with Gasteiger partial charge in [0.25, 0.3) is 5.91 Å². The number of anilines is 1. The van der Waals surface area contributed by atoms with Gasteiger partial charge >= 0.3 is 0 Å². The van der Waals surface area contributed by atoms with Gasteiger partial charge < -0.3 is 19.5 Å². The molecule has 0 radical (unpaired) electrons. The van der Waals surface area contributed by atoms with Crippen molar-refractivity contribution < 1.29 is 19.0 Å². The molecule has 0 saturated carbocycles. The Morgan fingerprint density at radius 1 is 1.19 bits per heavy atom. The Bertz CT molecular complexity index is 942. The van der Waals surface area contributed by atoms with E-state index in [2.05, 4.69) is 5.32 Å². The van der Waals surface area contributed by atoms with E-state index in [1.165, 1.54) is 13.2 Å². The highest BCUT2D eigenvalue weighted by molar-refractivity contribution is 6.09. The normalized spacial score (nSPS) is 12.5. The molecule has 26 heavy (non-hydrogen) atoms. The minimum atomic E-state index is -0.490. The lowest BCUT2D eigenvalue weighted by molar-refractivity contribution is -0.112. The van der Waals surface area contributed by atoms with Crippen LogP contribution in [0.3, 0.4) is 0 Å². The van der Waals surface area contributed by atoms with Crippen molar-refractivity contribution >= 4 is 17.7 Å². The summed E-state index contributed by atoms with van der Waals surface area (Å²) < 4.78 is 16.0. The summed E-state index contributed by atoms with van der Waals surface area (Å²) in [4.78, 5) is 12.5. The van der Waals surface area contributed by atoms with Gasteiger partial charge in [-0.1, -0.05) is 6.07 Å². The van der Waals surface area contributed by atoms with Crippen molar-refractivity contribution in [2.75, 3.05) is 19.2 Å². The molecule has 1 heterocycles. The van der Waals surface area contributed by atoms with Crippen LogP contribution in [0.15, 0.2) is 35.9 Å². The molecule has 0 atom stereocenters. The standard InChI is InChI=1S/C20H18N2O4/c1-12-4-5-16(6-13(12)2)22-20(23)15(10-21)7-14-8-18-19(26-11-25-18)9-17(14)24-3/h4-9H,11H2,1-3H3,(H,22,23)/b15-7+. The highest BCUT2D eigenvalue weighted by Gasteiger charge is 2.18. The van der Waals surface area contributed by atoms with Crippen LogP contribution in [0.2, 0.25) is 0 Å². The average Bonchev–Trinajstić information content (AvgIpc) is 3.09. The second-order valence-corrected chi connectivity index (χ2v) is 5.87. The number of fused-ring (bicyclic) bond motifs is 1. The lowest BCUT2D eigenvalue weighted by atomic mass is 10.1. The SMILES string of the molecule is COc1cc2c(cc1/C=C(\C#N)C(=O)Nc1ccc(C)c(C)c1)OCO2. The van der Waals surface area contributed by atoms with Gasteiger partial charge in [0, 0.05) is 17.3 Å². The predicted octanol–water partition coefficient (Wildman–Crippen LogP) is 3.59. The van der Waals surface area contributed by atoms with Crippen molar-refractivity contribution in [1.29, 1.82) is 5.26 Å². The molecule has 0 fully saturated rings. The minimum Gasteiger partial charge on any atom is -0.496 e. The number of methoxy groups -OCH3 is 1. The molecule has 132 valence electrons. The molecule has 0 bridgehead atoms. The summed E-state index contributed by atoms with van der Waals surface area (Å²) in [5.74, 6) is 1.11. The number of carbonyl (C=O) groups is 1. The number of amides is 1. The summed E-state index contributed by atoms with van der Waals surface area (Å²) >= 11 is 0. The van der Waals surface area contributed by atoms with Crippen molar-refractivity contribution in [3.05, 3.63) is 52.6 Å². The summed E-state index contributed by atoms with van der Waals surface area (Å²) in [7, 11) is 1.51. The molecule has 2 aromatic rings. The van der Waals surface area contributed by atoms with Crippen molar-refractivity contribution in [1.82, 2.24) is 0 Å². The molecule has 1 aliphatic heterocycles. The maximum absolute atomic E-state index is 12.5. The van der Waals surface area contributed by atoms with Crippen molar-refractivity contribution in [2.45, 2.75) is 13.8 Å². The van der Waals surface area contributed by atoms with Crippen LogP contribution in [0.25, 0.3) is 6.08 Å². The number of nitriles is 1. The summed E-state index contributed by atoms with van der Waals surface area (Å²) in [6.07, 6.45) is 1.47. The fraction of sp³-hybridized carbons (Fsp3) is 0.200. The number of rotatable bonds is 4. The Balaban J connectivity index is 1.89. The quantitative estimate of drug-likeness (QED) is 0.673. The summed E-state index contributed by atoms with van der Waals surface area (Å²) in [5, 5.41) is 12.2. The Morgan fingerprint density at radius 2 is 1.92 bits per heavy atom. The van der Waals surface area contributed by atoms with E-state index >= 15 is 0 Å². The molecular formula is C20H18N2O4. The van der Waals surface area contributed by atoms with E-state index in [-0.39, 0.29) is 12.4 Å². The third-order valence-electron chi connectivity index (χ3n) is 4.15. The van der Waals surface area contributed by atoms with Crippen molar-refractivity contribution in [3.8, 4) is 23.3 Å². The van der Waals surface area contributed by atoms with E-state index in [1.807, 2.05) is 32.0 Å². The van der Waals surface area contributed by atoms with Gasteiger partial charge in [-0.25, -0.2) is 0 Å². The van der Waals surface area contributed by atoms with E-state index in [0.29, 0.717) is 28.5 Å². The van der Waals surface area contributed by atoms with Gasteiger partial charge in [0.15, 0.2) is 11.5 Å². The second-order valence-electron chi connectivity index (χ2n) is 5.87. The van der Waals surface area contributed by atoms with E-state index in [9.17, 15) is 10.1 Å². The molecule has 1 amide bonds. The first-order chi connectivity index (χ1) is 12.5. The van der Waals surface area contributed by atoms with Crippen LogP contribution in [0.5, 0.6) is 17.2 Å². The van der Waals surface area contributed by atoms with Crippen LogP contribution < -0.4 is 19.5 Å². The molecule has 0 aliphatic carbocycles. The Morgan fingerprint density at radius 3 is 2.58 bits per heavy atom.